The van der Waals surface area contributed by atoms with Crippen LogP contribution in [0.25, 0.3) is 0 Å². The molecule has 1 amide bonds. The van der Waals surface area contributed by atoms with Gasteiger partial charge in [-0.3, -0.25) is 4.90 Å². The van der Waals surface area contributed by atoms with E-state index in [1.54, 1.807) is 0 Å². The summed E-state index contributed by atoms with van der Waals surface area (Å²) in [7, 11) is 0. The Morgan fingerprint density at radius 1 is 0.971 bits per heavy atom. The van der Waals surface area contributed by atoms with E-state index in [9.17, 15) is 9.90 Å². The van der Waals surface area contributed by atoms with E-state index >= 15 is 0 Å². The van der Waals surface area contributed by atoms with Crippen molar-refractivity contribution in [1.29, 1.82) is 0 Å². The molecule has 4 saturated carbocycles. The van der Waals surface area contributed by atoms with Crippen LogP contribution >= 0.6 is 0 Å². The fraction of sp³-hybridized carbons (Fsp3) is 0.900. The largest absolute Gasteiger partial charge is 0.444 e. The Morgan fingerprint density at radius 3 is 2.31 bits per heavy atom. The van der Waals surface area contributed by atoms with Crippen molar-refractivity contribution in [2.24, 2.45) is 34.5 Å². The van der Waals surface area contributed by atoms with Gasteiger partial charge in [0.1, 0.15) is 11.2 Å². The Balaban J connectivity index is 1.21. The predicted octanol–water partition coefficient (Wildman–Crippen LogP) is 5.31. The first-order chi connectivity index (χ1) is 16.4. The molecule has 0 bridgehead atoms. The molecule has 5 heteroatoms. The number of carbonyl (C=O) groups excluding carboxylic acids is 1. The van der Waals surface area contributed by atoms with E-state index in [4.69, 9.17) is 11.2 Å². The number of piperazine rings is 1. The first kappa shape index (κ1) is 25.4. The highest BCUT2D eigenvalue weighted by atomic mass is 16.6. The molecule has 35 heavy (non-hydrogen) atoms. The monoisotopic (exact) mass is 484 g/mol. The quantitative estimate of drug-likeness (QED) is 0.512. The van der Waals surface area contributed by atoms with E-state index in [1.807, 2.05) is 25.7 Å². The minimum atomic E-state index is -0.903. The van der Waals surface area contributed by atoms with Crippen molar-refractivity contribution in [3.05, 3.63) is 0 Å². The molecule has 5 nitrogen and oxygen atoms in total. The maximum absolute atomic E-state index is 12.5. The zero-order valence-corrected chi connectivity index (χ0v) is 22.8. The fourth-order valence-electron chi connectivity index (χ4n) is 9.42. The molecule has 5 aliphatic rings. The number of nitrogens with zero attached hydrogens (tertiary/aromatic N) is 2. The van der Waals surface area contributed by atoms with Crippen molar-refractivity contribution in [2.45, 2.75) is 110 Å². The third-order valence-corrected chi connectivity index (χ3v) is 11.5. The van der Waals surface area contributed by atoms with E-state index < -0.39 is 11.2 Å². The molecule has 1 saturated heterocycles. The molecule has 0 spiro atoms. The maximum Gasteiger partial charge on any atom is 0.410 e. The van der Waals surface area contributed by atoms with Gasteiger partial charge in [-0.25, -0.2) is 4.79 Å². The summed E-state index contributed by atoms with van der Waals surface area (Å²) in [4.78, 5) is 17.0. The van der Waals surface area contributed by atoms with E-state index in [1.165, 1.54) is 38.5 Å². The smallest absolute Gasteiger partial charge is 0.410 e. The standard InChI is InChI=1S/C30H48N2O3/c1-7-30(34)15-12-25-23-9-8-21-20-22(10-13-28(21,5)24(23)11-14-29(25,30)6)31-16-18-32(19-17-31)26(33)35-27(2,3)4/h1,21-25,34H,8-20H2,2-6H3/t21?,22-,23?,24?,25?,28-,29?,30-/m0/s1. The third kappa shape index (κ3) is 4.11. The van der Waals surface area contributed by atoms with E-state index in [0.717, 1.165) is 63.2 Å². The Labute approximate surface area is 213 Å². The van der Waals surface area contributed by atoms with Crippen molar-refractivity contribution in [3.8, 4) is 12.3 Å². The van der Waals surface area contributed by atoms with Crippen LogP contribution in [0.15, 0.2) is 0 Å². The highest BCUT2D eigenvalue weighted by molar-refractivity contribution is 5.68. The van der Waals surface area contributed by atoms with Crippen LogP contribution in [0.3, 0.4) is 0 Å². The van der Waals surface area contributed by atoms with Gasteiger partial charge in [0.15, 0.2) is 0 Å². The molecule has 5 fully saturated rings. The van der Waals surface area contributed by atoms with Crippen LogP contribution in [0.4, 0.5) is 4.79 Å². The SMILES string of the molecule is C#C[C@]1(O)CCC2C3CCC4C[C@@H](N5CCN(C(=O)OC(C)(C)C)CC5)CC[C@]4(C)C3CCC21C. The number of hydrogen-bond donors (Lipinski definition) is 1. The van der Waals surface area contributed by atoms with Gasteiger partial charge in [-0.2, -0.15) is 0 Å². The second-order valence-electron chi connectivity index (χ2n) is 14.1. The van der Waals surface area contributed by atoms with Crippen LogP contribution in [0, 0.1) is 46.8 Å². The highest BCUT2D eigenvalue weighted by Crippen LogP contribution is 2.68. The number of terminal acetylenes is 1. The zero-order valence-electron chi connectivity index (χ0n) is 22.8. The predicted molar refractivity (Wildman–Crippen MR) is 139 cm³/mol. The lowest BCUT2D eigenvalue weighted by atomic mass is 9.44. The van der Waals surface area contributed by atoms with Crippen LogP contribution in [0.1, 0.15) is 92.4 Å². The van der Waals surface area contributed by atoms with Gasteiger partial charge in [0.05, 0.1) is 0 Å². The molecule has 8 atom stereocenters. The number of aliphatic hydroxyl groups is 1. The van der Waals surface area contributed by atoms with E-state index in [0.29, 0.717) is 17.4 Å². The summed E-state index contributed by atoms with van der Waals surface area (Å²) >= 11 is 0. The van der Waals surface area contributed by atoms with Crippen molar-refractivity contribution >= 4 is 6.09 Å². The second-order valence-corrected chi connectivity index (χ2v) is 14.1. The molecule has 5 unspecified atom stereocenters. The minimum absolute atomic E-state index is 0.100. The Bertz CT molecular complexity index is 868. The van der Waals surface area contributed by atoms with Crippen LogP contribution < -0.4 is 0 Å². The third-order valence-electron chi connectivity index (χ3n) is 11.5. The molecule has 1 heterocycles. The van der Waals surface area contributed by atoms with Crippen molar-refractivity contribution in [3.63, 3.8) is 0 Å². The van der Waals surface area contributed by atoms with Gasteiger partial charge >= 0.3 is 6.09 Å². The lowest BCUT2D eigenvalue weighted by Crippen LogP contribution is -2.59. The summed E-state index contributed by atoms with van der Waals surface area (Å²) in [5, 5.41) is 11.3. The van der Waals surface area contributed by atoms with Gasteiger partial charge in [-0.05, 0) is 108 Å². The number of ether oxygens (including phenoxy) is 1. The average molecular weight is 485 g/mol. The van der Waals surface area contributed by atoms with Crippen LogP contribution in [-0.4, -0.2) is 64.4 Å². The number of carbonyl (C=O) groups is 1. The summed E-state index contributed by atoms with van der Waals surface area (Å²) in [6, 6.07) is 0.650. The molecule has 1 N–H and O–H groups in total. The van der Waals surface area contributed by atoms with Gasteiger partial charge in [-0.15, -0.1) is 6.42 Å². The van der Waals surface area contributed by atoms with Crippen molar-refractivity contribution in [1.82, 2.24) is 9.80 Å². The molecule has 5 rings (SSSR count). The van der Waals surface area contributed by atoms with Crippen LogP contribution in [0.5, 0.6) is 0 Å². The van der Waals surface area contributed by atoms with Gasteiger partial charge in [0.25, 0.3) is 0 Å². The molecule has 196 valence electrons. The molecule has 0 aromatic carbocycles. The molecule has 1 aliphatic heterocycles. The lowest BCUT2D eigenvalue weighted by Gasteiger charge is -2.62. The summed E-state index contributed by atoms with van der Waals surface area (Å²) in [5.74, 6) is 5.71. The zero-order chi connectivity index (χ0) is 25.2. The maximum atomic E-state index is 12.5. The van der Waals surface area contributed by atoms with Gasteiger partial charge < -0.3 is 14.7 Å². The minimum Gasteiger partial charge on any atom is -0.444 e. The summed E-state index contributed by atoms with van der Waals surface area (Å²) < 4.78 is 5.59. The van der Waals surface area contributed by atoms with Crippen molar-refractivity contribution < 1.29 is 14.6 Å². The molecule has 0 aromatic rings. The Morgan fingerprint density at radius 2 is 1.66 bits per heavy atom. The van der Waals surface area contributed by atoms with Gasteiger partial charge in [0, 0.05) is 37.6 Å². The first-order valence-corrected chi connectivity index (χ1v) is 14.3. The van der Waals surface area contributed by atoms with E-state index in [-0.39, 0.29) is 11.5 Å². The number of fused-ring (bicyclic) bond motifs is 5. The topological polar surface area (TPSA) is 53.0 Å². The number of rotatable bonds is 1. The highest BCUT2D eigenvalue weighted by Gasteiger charge is 2.64. The number of amides is 1. The average Bonchev–Trinajstić information content (AvgIpc) is 3.09. The fourth-order valence-corrected chi connectivity index (χ4v) is 9.42. The Hall–Kier alpha value is -1.25. The number of hydrogen-bond acceptors (Lipinski definition) is 4. The van der Waals surface area contributed by atoms with Crippen LogP contribution in [0.2, 0.25) is 0 Å². The summed E-state index contributed by atoms with van der Waals surface area (Å²) in [6.45, 7) is 14.2. The summed E-state index contributed by atoms with van der Waals surface area (Å²) in [6.07, 6.45) is 16.4. The van der Waals surface area contributed by atoms with Gasteiger partial charge in [-0.1, -0.05) is 19.8 Å². The Kier molecular flexibility index (Phi) is 6.28. The molecule has 0 aromatic heterocycles. The first-order valence-electron chi connectivity index (χ1n) is 14.3. The second kappa shape index (κ2) is 8.66. The van der Waals surface area contributed by atoms with Crippen LogP contribution in [-0.2, 0) is 4.74 Å². The molecular formula is C30H48N2O3. The normalized spacial score (nSPS) is 46.2. The lowest BCUT2D eigenvalue weighted by molar-refractivity contribution is -0.142. The van der Waals surface area contributed by atoms with E-state index in [2.05, 4.69) is 24.7 Å². The molecule has 0 radical (unpaired) electrons. The molecule has 4 aliphatic carbocycles. The summed E-state index contributed by atoms with van der Waals surface area (Å²) in [5.41, 5.74) is -1.01. The van der Waals surface area contributed by atoms with Crippen molar-refractivity contribution in [2.75, 3.05) is 26.2 Å². The molecular weight excluding hydrogens is 436 g/mol. The van der Waals surface area contributed by atoms with Gasteiger partial charge in [0.2, 0.25) is 0 Å².